The fourth-order valence-corrected chi connectivity index (χ4v) is 3.18. The third-order valence-electron chi connectivity index (χ3n) is 2.68. The second-order valence-corrected chi connectivity index (χ2v) is 4.86. The van der Waals surface area contributed by atoms with Crippen molar-refractivity contribution in [3.05, 3.63) is 0 Å². The van der Waals surface area contributed by atoms with Gasteiger partial charge in [-0.2, -0.15) is 11.8 Å². The first kappa shape index (κ1) is 10.3. The van der Waals surface area contributed by atoms with Crippen molar-refractivity contribution >= 4 is 17.7 Å². The molecule has 80 valence electrons. The largest absolute Gasteiger partial charge is 0.468 e. The third kappa shape index (κ3) is 2.04. The Morgan fingerprint density at radius 1 is 1.64 bits per heavy atom. The number of ether oxygens (including phenoxy) is 2. The number of thioether (sulfide) groups is 1. The molecular formula is C9H15NO3S. The van der Waals surface area contributed by atoms with Crippen molar-refractivity contribution < 1.29 is 14.3 Å². The highest BCUT2D eigenvalue weighted by Crippen LogP contribution is 2.27. The van der Waals surface area contributed by atoms with Crippen LogP contribution in [0.2, 0.25) is 0 Å². The molecule has 0 radical (unpaired) electrons. The van der Waals surface area contributed by atoms with Crippen molar-refractivity contribution in [2.45, 2.75) is 23.8 Å². The summed E-state index contributed by atoms with van der Waals surface area (Å²) in [7, 11) is 1.44. The van der Waals surface area contributed by atoms with Crippen LogP contribution in [0.5, 0.6) is 0 Å². The van der Waals surface area contributed by atoms with Crippen LogP contribution in [0.1, 0.15) is 6.42 Å². The molecular weight excluding hydrogens is 202 g/mol. The van der Waals surface area contributed by atoms with Crippen LogP contribution >= 0.6 is 11.8 Å². The van der Waals surface area contributed by atoms with E-state index in [9.17, 15) is 4.79 Å². The zero-order valence-electron chi connectivity index (χ0n) is 8.19. The molecule has 0 aromatic heterocycles. The Balaban J connectivity index is 1.92. The Kier molecular flexibility index (Phi) is 3.30. The monoisotopic (exact) mass is 217 g/mol. The standard InChI is InChI=1S/C9H15NO3S/c1-12-9(11)7-5-14-8-4-13-3-2-6(8)10-7/h6-8,10H,2-5H2,1H3. The van der Waals surface area contributed by atoms with Crippen molar-refractivity contribution in [1.29, 1.82) is 0 Å². The molecule has 4 nitrogen and oxygen atoms in total. The Labute approximate surface area is 87.7 Å². The lowest BCUT2D eigenvalue weighted by Gasteiger charge is -2.38. The molecule has 5 heteroatoms. The second kappa shape index (κ2) is 4.51. The summed E-state index contributed by atoms with van der Waals surface area (Å²) in [5.41, 5.74) is 0. The summed E-state index contributed by atoms with van der Waals surface area (Å²) in [5, 5.41) is 3.84. The summed E-state index contributed by atoms with van der Waals surface area (Å²) in [6, 6.07) is 0.274. The van der Waals surface area contributed by atoms with Gasteiger partial charge in [-0.1, -0.05) is 0 Å². The van der Waals surface area contributed by atoms with Crippen molar-refractivity contribution in [2.24, 2.45) is 0 Å². The van der Waals surface area contributed by atoms with Crippen LogP contribution in [-0.4, -0.2) is 49.4 Å². The number of nitrogens with one attached hydrogen (secondary N) is 1. The van der Waals surface area contributed by atoms with Crippen LogP contribution in [0, 0.1) is 0 Å². The van der Waals surface area contributed by atoms with Gasteiger partial charge in [-0.15, -0.1) is 0 Å². The first-order chi connectivity index (χ1) is 6.81. The van der Waals surface area contributed by atoms with Crippen molar-refractivity contribution in [3.63, 3.8) is 0 Å². The van der Waals surface area contributed by atoms with Crippen LogP contribution in [-0.2, 0) is 14.3 Å². The van der Waals surface area contributed by atoms with Crippen LogP contribution < -0.4 is 5.32 Å². The molecule has 0 spiro atoms. The highest BCUT2D eigenvalue weighted by atomic mass is 32.2. The quantitative estimate of drug-likeness (QED) is 0.628. The molecule has 0 saturated carbocycles. The fraction of sp³-hybridized carbons (Fsp3) is 0.889. The highest BCUT2D eigenvalue weighted by molar-refractivity contribution is 8.00. The van der Waals surface area contributed by atoms with E-state index in [1.165, 1.54) is 7.11 Å². The van der Waals surface area contributed by atoms with E-state index >= 15 is 0 Å². The number of carbonyl (C=O) groups is 1. The van der Waals surface area contributed by atoms with E-state index in [1.54, 1.807) is 0 Å². The molecule has 2 saturated heterocycles. The second-order valence-electron chi connectivity index (χ2n) is 3.58. The van der Waals surface area contributed by atoms with E-state index < -0.39 is 0 Å². The summed E-state index contributed by atoms with van der Waals surface area (Å²) < 4.78 is 10.1. The van der Waals surface area contributed by atoms with Gasteiger partial charge in [0.1, 0.15) is 6.04 Å². The lowest BCUT2D eigenvalue weighted by molar-refractivity contribution is -0.143. The van der Waals surface area contributed by atoms with E-state index in [0.717, 1.165) is 25.4 Å². The summed E-state index contributed by atoms with van der Waals surface area (Å²) in [6.07, 6.45) is 0.991. The predicted molar refractivity (Wildman–Crippen MR) is 54.4 cm³/mol. The number of hydrogen-bond donors (Lipinski definition) is 1. The average molecular weight is 217 g/mol. The molecule has 0 aromatic carbocycles. The average Bonchev–Trinajstić information content (AvgIpc) is 2.27. The van der Waals surface area contributed by atoms with E-state index in [0.29, 0.717) is 11.3 Å². The summed E-state index contributed by atoms with van der Waals surface area (Å²) in [5.74, 6) is 0.638. The minimum Gasteiger partial charge on any atom is -0.468 e. The first-order valence-electron chi connectivity index (χ1n) is 4.84. The molecule has 0 bridgehead atoms. The van der Waals surface area contributed by atoms with E-state index in [-0.39, 0.29) is 12.0 Å². The molecule has 0 aromatic rings. The topological polar surface area (TPSA) is 47.6 Å². The van der Waals surface area contributed by atoms with Crippen molar-refractivity contribution in [2.75, 3.05) is 26.1 Å². The molecule has 2 aliphatic rings. The van der Waals surface area contributed by atoms with Crippen LogP contribution in [0.4, 0.5) is 0 Å². The molecule has 2 aliphatic heterocycles. The van der Waals surface area contributed by atoms with Gasteiger partial charge in [-0.05, 0) is 6.42 Å². The van der Waals surface area contributed by atoms with Gasteiger partial charge < -0.3 is 9.47 Å². The maximum Gasteiger partial charge on any atom is 0.323 e. The van der Waals surface area contributed by atoms with Gasteiger partial charge in [0.05, 0.1) is 13.7 Å². The molecule has 2 heterocycles. The number of rotatable bonds is 1. The number of methoxy groups -OCH3 is 1. The van der Waals surface area contributed by atoms with Gasteiger partial charge in [0.25, 0.3) is 0 Å². The van der Waals surface area contributed by atoms with Crippen LogP contribution in [0.25, 0.3) is 0 Å². The van der Waals surface area contributed by atoms with Crippen molar-refractivity contribution in [3.8, 4) is 0 Å². The summed E-state index contributed by atoms with van der Waals surface area (Å²) in [4.78, 5) is 11.3. The minimum absolute atomic E-state index is 0.135. The van der Waals surface area contributed by atoms with Gasteiger partial charge in [-0.25, -0.2) is 0 Å². The SMILES string of the molecule is COC(=O)C1CSC2COCCC2N1. The maximum absolute atomic E-state index is 11.3. The number of carbonyl (C=O) groups excluding carboxylic acids is 1. The molecule has 1 N–H and O–H groups in total. The normalized spacial score (nSPS) is 37.4. The van der Waals surface area contributed by atoms with Gasteiger partial charge in [0.15, 0.2) is 0 Å². The smallest absolute Gasteiger partial charge is 0.323 e. The number of esters is 1. The lowest BCUT2D eigenvalue weighted by Crippen LogP contribution is -2.56. The molecule has 2 fully saturated rings. The third-order valence-corrected chi connectivity index (χ3v) is 4.10. The number of hydrogen-bond acceptors (Lipinski definition) is 5. The lowest BCUT2D eigenvalue weighted by atomic mass is 10.1. The van der Waals surface area contributed by atoms with E-state index in [4.69, 9.17) is 9.47 Å². The summed E-state index contributed by atoms with van der Waals surface area (Å²) >= 11 is 1.81. The van der Waals surface area contributed by atoms with Crippen LogP contribution in [0.15, 0.2) is 0 Å². The zero-order valence-corrected chi connectivity index (χ0v) is 9.01. The first-order valence-corrected chi connectivity index (χ1v) is 5.89. The predicted octanol–water partition coefficient (Wildman–Crippen LogP) is 0.0219. The van der Waals surface area contributed by atoms with Gasteiger partial charge >= 0.3 is 5.97 Å². The molecule has 2 rings (SSSR count). The molecule has 3 atom stereocenters. The zero-order chi connectivity index (χ0) is 9.97. The van der Waals surface area contributed by atoms with E-state index in [2.05, 4.69) is 5.32 Å². The summed E-state index contributed by atoms with van der Waals surface area (Å²) in [6.45, 7) is 1.60. The molecule has 0 aliphatic carbocycles. The van der Waals surface area contributed by atoms with E-state index in [1.807, 2.05) is 11.8 Å². The molecule has 3 unspecified atom stereocenters. The van der Waals surface area contributed by atoms with Crippen molar-refractivity contribution in [1.82, 2.24) is 5.32 Å². The van der Waals surface area contributed by atoms with Crippen LogP contribution in [0.3, 0.4) is 0 Å². The molecule has 0 amide bonds. The fourth-order valence-electron chi connectivity index (χ4n) is 1.87. The Bertz CT molecular complexity index is 224. The maximum atomic E-state index is 11.3. The number of fused-ring (bicyclic) bond motifs is 1. The Morgan fingerprint density at radius 3 is 3.29 bits per heavy atom. The molecule has 14 heavy (non-hydrogen) atoms. The minimum atomic E-state index is -0.151. The van der Waals surface area contributed by atoms with Gasteiger partial charge in [0.2, 0.25) is 0 Å². The van der Waals surface area contributed by atoms with Gasteiger partial charge in [-0.3, -0.25) is 10.1 Å². The Morgan fingerprint density at radius 2 is 2.50 bits per heavy atom. The van der Waals surface area contributed by atoms with Gasteiger partial charge in [0, 0.05) is 23.7 Å². The highest BCUT2D eigenvalue weighted by Gasteiger charge is 2.35. The Hall–Kier alpha value is -0.260.